The van der Waals surface area contributed by atoms with Gasteiger partial charge in [-0.1, -0.05) is 0 Å². The predicted octanol–water partition coefficient (Wildman–Crippen LogP) is 2.54. The Morgan fingerprint density at radius 1 is 1.13 bits per heavy atom. The number of rotatable bonds is 8. The fourth-order valence-corrected chi connectivity index (χ4v) is 3.24. The van der Waals surface area contributed by atoms with Crippen molar-refractivity contribution in [1.82, 2.24) is 15.6 Å². The Kier molecular flexibility index (Phi) is 8.21. The minimum absolute atomic E-state index is 0.132. The average Bonchev–Trinajstić information content (AvgIpc) is 3.11. The fourth-order valence-electron chi connectivity index (χ4n) is 2.67. The van der Waals surface area contributed by atoms with Crippen LogP contribution in [0.3, 0.4) is 0 Å². The Morgan fingerprint density at radius 3 is 2.32 bits per heavy atom. The molecule has 0 aliphatic carbocycles. The summed E-state index contributed by atoms with van der Waals surface area (Å²) in [6.45, 7) is 6.58. The zero-order valence-corrected chi connectivity index (χ0v) is 18.5. The lowest BCUT2D eigenvalue weighted by Crippen LogP contribution is -2.52. The number of hydrogen-bond acceptors (Lipinski definition) is 6. The van der Waals surface area contributed by atoms with E-state index in [1.165, 1.54) is 18.3 Å². The van der Waals surface area contributed by atoms with Crippen LogP contribution in [0, 0.1) is 11.6 Å². The molecule has 2 rings (SSSR count). The first kappa shape index (κ1) is 24.4. The number of aromatic nitrogens is 1. The van der Waals surface area contributed by atoms with E-state index in [9.17, 15) is 23.2 Å². The summed E-state index contributed by atoms with van der Waals surface area (Å²) in [6, 6.07) is 0.799. The third kappa shape index (κ3) is 8.41. The lowest BCUT2D eigenvalue weighted by atomic mass is 10.1. The molecule has 10 heteroatoms. The van der Waals surface area contributed by atoms with Gasteiger partial charge < -0.3 is 15.4 Å². The lowest BCUT2D eigenvalue weighted by molar-refractivity contribution is -0.158. The molecule has 0 saturated heterocycles. The van der Waals surface area contributed by atoms with Crippen molar-refractivity contribution >= 4 is 29.1 Å². The van der Waals surface area contributed by atoms with E-state index >= 15 is 0 Å². The van der Waals surface area contributed by atoms with E-state index < -0.39 is 47.1 Å². The van der Waals surface area contributed by atoms with Crippen molar-refractivity contribution in [3.63, 3.8) is 0 Å². The summed E-state index contributed by atoms with van der Waals surface area (Å²) in [5.41, 5.74) is 1.62. The summed E-state index contributed by atoms with van der Waals surface area (Å²) in [4.78, 5) is 41.4. The van der Waals surface area contributed by atoms with E-state index in [2.05, 4.69) is 15.6 Å². The van der Waals surface area contributed by atoms with Crippen LogP contribution < -0.4 is 10.6 Å². The molecule has 1 heterocycles. The highest BCUT2D eigenvalue weighted by atomic mass is 32.1. The third-order valence-electron chi connectivity index (χ3n) is 3.96. The van der Waals surface area contributed by atoms with Gasteiger partial charge in [0.25, 0.3) is 0 Å². The lowest BCUT2D eigenvalue weighted by Gasteiger charge is -2.25. The quantitative estimate of drug-likeness (QED) is 0.599. The van der Waals surface area contributed by atoms with Crippen molar-refractivity contribution in [2.75, 3.05) is 0 Å². The normalized spacial score (nSPS) is 13.2. The van der Waals surface area contributed by atoms with Gasteiger partial charge in [0.1, 0.15) is 29.3 Å². The number of carbonyl (C=O) groups excluding carboxylic acids is 3. The number of nitrogens with zero attached hydrogens (tertiary/aromatic N) is 1. The monoisotopic (exact) mass is 453 g/mol. The molecule has 168 valence electrons. The number of esters is 1. The van der Waals surface area contributed by atoms with Crippen LogP contribution in [0.1, 0.15) is 39.0 Å². The molecule has 0 radical (unpaired) electrons. The van der Waals surface area contributed by atoms with E-state index in [0.717, 1.165) is 12.1 Å². The van der Waals surface area contributed by atoms with Crippen LogP contribution in [0.2, 0.25) is 0 Å². The van der Waals surface area contributed by atoms with Gasteiger partial charge in [0.2, 0.25) is 11.8 Å². The molecule has 0 aliphatic heterocycles. The summed E-state index contributed by atoms with van der Waals surface area (Å²) in [5.74, 6) is -3.42. The summed E-state index contributed by atoms with van der Waals surface area (Å²) in [5, 5.41) is 6.80. The number of thiazole rings is 1. The van der Waals surface area contributed by atoms with Crippen molar-refractivity contribution in [3.05, 3.63) is 52.0 Å². The zero-order valence-electron chi connectivity index (χ0n) is 17.7. The number of benzene rings is 1. The van der Waals surface area contributed by atoms with E-state index in [1.54, 1.807) is 31.7 Å². The van der Waals surface area contributed by atoms with E-state index in [0.29, 0.717) is 11.8 Å². The SMILES string of the molecule is C[C@H](NC(=O)Cc1cc(F)cc(F)c1)C(=O)N[C@@H](Cc1cscn1)C(=O)OC(C)(C)C. The molecule has 1 aromatic carbocycles. The van der Waals surface area contributed by atoms with Crippen molar-refractivity contribution in [3.8, 4) is 0 Å². The molecule has 2 aromatic rings. The van der Waals surface area contributed by atoms with Gasteiger partial charge in [-0.3, -0.25) is 9.59 Å². The molecule has 1 aromatic heterocycles. The molecule has 7 nitrogen and oxygen atoms in total. The third-order valence-corrected chi connectivity index (χ3v) is 4.60. The Morgan fingerprint density at radius 2 is 1.77 bits per heavy atom. The second-order valence-corrected chi connectivity index (χ2v) is 8.74. The highest BCUT2D eigenvalue weighted by Crippen LogP contribution is 2.12. The summed E-state index contributed by atoms with van der Waals surface area (Å²) in [6.07, 6.45) is -0.173. The summed E-state index contributed by atoms with van der Waals surface area (Å²) in [7, 11) is 0. The van der Waals surface area contributed by atoms with Gasteiger partial charge in [-0.2, -0.15) is 0 Å². The minimum Gasteiger partial charge on any atom is -0.458 e. The van der Waals surface area contributed by atoms with Crippen LogP contribution in [0.4, 0.5) is 8.78 Å². The molecule has 0 saturated carbocycles. The van der Waals surface area contributed by atoms with Crippen molar-refractivity contribution < 1.29 is 27.9 Å². The molecular formula is C21H25F2N3O4S. The first-order chi connectivity index (χ1) is 14.4. The summed E-state index contributed by atoms with van der Waals surface area (Å²) >= 11 is 1.36. The first-order valence-corrected chi connectivity index (χ1v) is 10.5. The highest BCUT2D eigenvalue weighted by Gasteiger charge is 2.29. The Bertz CT molecular complexity index is 909. The van der Waals surface area contributed by atoms with Crippen molar-refractivity contribution in [2.45, 2.75) is 58.2 Å². The zero-order chi connectivity index (χ0) is 23.2. The topological polar surface area (TPSA) is 97.4 Å². The van der Waals surface area contributed by atoms with Gasteiger partial charge >= 0.3 is 5.97 Å². The van der Waals surface area contributed by atoms with Crippen molar-refractivity contribution in [2.24, 2.45) is 0 Å². The van der Waals surface area contributed by atoms with Crippen LogP contribution in [0.5, 0.6) is 0 Å². The van der Waals surface area contributed by atoms with Crippen LogP contribution in [0.25, 0.3) is 0 Å². The second-order valence-electron chi connectivity index (χ2n) is 8.02. The predicted molar refractivity (Wildman–Crippen MR) is 111 cm³/mol. The molecule has 0 bridgehead atoms. The van der Waals surface area contributed by atoms with Crippen LogP contribution >= 0.6 is 11.3 Å². The maximum atomic E-state index is 13.3. The maximum absolute atomic E-state index is 13.3. The Balaban J connectivity index is 2.00. The van der Waals surface area contributed by atoms with Crippen LogP contribution in [-0.4, -0.2) is 40.5 Å². The average molecular weight is 454 g/mol. The van der Waals surface area contributed by atoms with Gasteiger partial charge in [-0.25, -0.2) is 18.6 Å². The van der Waals surface area contributed by atoms with Gasteiger partial charge in [-0.15, -0.1) is 11.3 Å². The molecule has 0 spiro atoms. The Hall–Kier alpha value is -2.88. The van der Waals surface area contributed by atoms with E-state index in [1.807, 2.05) is 0 Å². The van der Waals surface area contributed by atoms with E-state index in [-0.39, 0.29) is 18.4 Å². The number of nitrogens with one attached hydrogen (secondary N) is 2. The standard InChI is InChI=1S/C21H25F2N3O4S/c1-12(25-18(27)7-13-5-14(22)8-15(23)6-13)19(28)26-17(9-16-10-31-11-24-16)20(29)30-21(2,3)4/h5-6,8,10-12,17H,7,9H2,1-4H3,(H,25,27)(H,26,28)/t12-,17-/m0/s1. The molecular weight excluding hydrogens is 428 g/mol. The van der Waals surface area contributed by atoms with Crippen LogP contribution in [0.15, 0.2) is 29.1 Å². The molecule has 0 fully saturated rings. The maximum Gasteiger partial charge on any atom is 0.329 e. The molecule has 2 amide bonds. The number of hydrogen-bond donors (Lipinski definition) is 2. The van der Waals surface area contributed by atoms with Gasteiger partial charge in [-0.05, 0) is 45.4 Å². The van der Waals surface area contributed by atoms with Crippen LogP contribution in [-0.2, 0) is 32.0 Å². The molecule has 0 unspecified atom stereocenters. The summed E-state index contributed by atoms with van der Waals surface area (Å²) < 4.78 is 31.9. The van der Waals surface area contributed by atoms with Gasteiger partial charge in [0.05, 0.1) is 17.6 Å². The smallest absolute Gasteiger partial charge is 0.329 e. The number of amides is 2. The Labute approximate surface area is 183 Å². The molecule has 0 aliphatic rings. The van der Waals surface area contributed by atoms with Crippen molar-refractivity contribution in [1.29, 1.82) is 0 Å². The number of halogens is 2. The minimum atomic E-state index is -0.995. The van der Waals surface area contributed by atoms with Gasteiger partial charge in [0, 0.05) is 17.9 Å². The first-order valence-electron chi connectivity index (χ1n) is 9.57. The number of ether oxygens (including phenoxy) is 1. The highest BCUT2D eigenvalue weighted by molar-refractivity contribution is 7.07. The molecule has 2 N–H and O–H groups in total. The van der Waals surface area contributed by atoms with Gasteiger partial charge in [0.15, 0.2) is 0 Å². The molecule has 2 atom stereocenters. The largest absolute Gasteiger partial charge is 0.458 e. The van der Waals surface area contributed by atoms with E-state index in [4.69, 9.17) is 4.74 Å². The fraction of sp³-hybridized carbons (Fsp3) is 0.429. The number of carbonyl (C=O) groups is 3. The second kappa shape index (κ2) is 10.4. The molecule has 31 heavy (non-hydrogen) atoms.